The molecule has 0 spiro atoms. The van der Waals surface area contributed by atoms with E-state index in [1.165, 1.54) is 0 Å². The van der Waals surface area contributed by atoms with Crippen LogP contribution in [0.4, 0.5) is 0 Å². The van der Waals surface area contributed by atoms with E-state index in [0.717, 1.165) is 19.2 Å². The minimum Gasteiger partial charge on any atom is -0.329 e. The Balaban J connectivity index is 0. The Hall–Kier alpha value is 0.262. The SMILES string of the molecule is N#C[S][Pd][S]C#N.NCCN. The summed E-state index contributed by atoms with van der Waals surface area (Å²) in [5.41, 5.74) is 9.81. The molecule has 7 heteroatoms. The van der Waals surface area contributed by atoms with E-state index in [0.29, 0.717) is 13.1 Å². The van der Waals surface area contributed by atoms with Crippen molar-refractivity contribution >= 4 is 19.2 Å². The molecule has 0 radical (unpaired) electrons. The standard InChI is InChI=1S/C2H8N2.2CHNS.Pd/c3-1-2-4;2*2-1-3;/h1-4H2;2*3H;/q;;;+2/p-2. The van der Waals surface area contributed by atoms with Crippen LogP contribution in [-0.2, 0) is 15.5 Å². The van der Waals surface area contributed by atoms with Crippen molar-refractivity contribution < 1.29 is 15.5 Å². The molecule has 0 heterocycles. The van der Waals surface area contributed by atoms with Gasteiger partial charge in [-0.1, -0.05) is 0 Å². The first-order valence-corrected chi connectivity index (χ1v) is 7.57. The van der Waals surface area contributed by atoms with Crippen molar-refractivity contribution in [2.24, 2.45) is 11.5 Å². The van der Waals surface area contributed by atoms with Crippen LogP contribution < -0.4 is 11.5 Å². The molecule has 0 aliphatic carbocycles. The summed E-state index contributed by atoms with van der Waals surface area (Å²) in [5, 5.41) is 19.5. The molecule has 11 heavy (non-hydrogen) atoms. The first-order valence-electron chi connectivity index (χ1n) is 2.43. The predicted molar refractivity (Wildman–Crippen MR) is 44.5 cm³/mol. The number of nitrogens with two attached hydrogens (primary N) is 2. The van der Waals surface area contributed by atoms with E-state index in [2.05, 4.69) is 0 Å². The van der Waals surface area contributed by atoms with Crippen LogP contribution >= 0.6 is 19.2 Å². The largest absolute Gasteiger partial charge is 0.329 e. The number of thiocyanates is 2. The molecule has 0 unspecified atom stereocenters. The number of nitriles is 2. The molecule has 4 N–H and O–H groups in total. The normalized spacial score (nSPS) is 7.27. The van der Waals surface area contributed by atoms with Crippen molar-refractivity contribution in [3.63, 3.8) is 0 Å². The minimum atomic E-state index is 0.179. The Morgan fingerprint density at radius 2 is 1.45 bits per heavy atom. The number of hydrogen-bond acceptors (Lipinski definition) is 6. The molecule has 66 valence electrons. The molecular weight excluding hydrogens is 275 g/mol. The molecule has 4 nitrogen and oxygen atoms in total. The molecule has 0 aromatic heterocycles. The van der Waals surface area contributed by atoms with Gasteiger partial charge in [0.15, 0.2) is 0 Å². The average molecular weight is 283 g/mol. The van der Waals surface area contributed by atoms with Crippen molar-refractivity contribution in [2.75, 3.05) is 13.1 Å². The summed E-state index contributed by atoms with van der Waals surface area (Å²) in [4.78, 5) is 0. The first kappa shape index (κ1) is 13.8. The summed E-state index contributed by atoms with van der Waals surface area (Å²) in [6.07, 6.45) is 0. The topological polar surface area (TPSA) is 99.6 Å². The van der Waals surface area contributed by atoms with Crippen molar-refractivity contribution in [1.82, 2.24) is 0 Å². The van der Waals surface area contributed by atoms with Gasteiger partial charge in [0.1, 0.15) is 0 Å². The summed E-state index contributed by atoms with van der Waals surface area (Å²) in [7, 11) is 2.26. The van der Waals surface area contributed by atoms with E-state index in [9.17, 15) is 0 Å². The number of rotatable bonds is 3. The fraction of sp³-hybridized carbons (Fsp3) is 0.500. The third-order valence-corrected chi connectivity index (χ3v) is 4.00. The van der Waals surface area contributed by atoms with E-state index < -0.39 is 0 Å². The maximum atomic E-state index is 7.90. The molecule has 0 amide bonds. The van der Waals surface area contributed by atoms with Gasteiger partial charge in [-0.2, -0.15) is 0 Å². The van der Waals surface area contributed by atoms with Crippen molar-refractivity contribution in [3.05, 3.63) is 0 Å². The average Bonchev–Trinajstić information content (AvgIpc) is 2.06. The first-order chi connectivity index (χ1) is 5.33. The van der Waals surface area contributed by atoms with Crippen LogP contribution in [0, 0.1) is 21.3 Å². The van der Waals surface area contributed by atoms with Gasteiger partial charge < -0.3 is 11.5 Å². The summed E-state index contributed by atoms with van der Waals surface area (Å²) in [5.74, 6) is 0. The summed E-state index contributed by atoms with van der Waals surface area (Å²) in [6.45, 7) is 1.19. The molecular formula is C4H8N4PdS2. The second kappa shape index (κ2) is 16.7. The summed E-state index contributed by atoms with van der Waals surface area (Å²) in [6, 6.07) is 0. The van der Waals surface area contributed by atoms with Gasteiger partial charge in [-0.15, -0.1) is 0 Å². The molecule has 0 atom stereocenters. The molecule has 0 aliphatic rings. The molecule has 0 fully saturated rings. The maximum absolute atomic E-state index is 7.90. The molecule has 0 saturated heterocycles. The van der Waals surface area contributed by atoms with E-state index in [1.807, 2.05) is 10.8 Å². The van der Waals surface area contributed by atoms with Crippen molar-refractivity contribution in [3.8, 4) is 10.8 Å². The van der Waals surface area contributed by atoms with Gasteiger partial charge in [0.25, 0.3) is 0 Å². The Morgan fingerprint density at radius 3 is 1.64 bits per heavy atom. The number of hydrogen-bond donors (Lipinski definition) is 2. The van der Waals surface area contributed by atoms with Gasteiger partial charge in [0, 0.05) is 13.1 Å². The molecule has 0 saturated carbocycles. The minimum absolute atomic E-state index is 0.179. The zero-order valence-electron chi connectivity index (χ0n) is 5.60. The molecule has 0 aromatic carbocycles. The molecule has 0 rings (SSSR count). The zero-order chi connectivity index (χ0) is 8.95. The van der Waals surface area contributed by atoms with Gasteiger partial charge in [-0.05, 0) is 0 Å². The number of nitrogens with zero attached hydrogens (tertiary/aromatic N) is 2. The van der Waals surface area contributed by atoms with Crippen LogP contribution in [-0.4, -0.2) is 13.1 Å². The van der Waals surface area contributed by atoms with Crippen LogP contribution in [0.3, 0.4) is 0 Å². The van der Waals surface area contributed by atoms with Crippen LogP contribution in [0.1, 0.15) is 0 Å². The Morgan fingerprint density at radius 1 is 1.09 bits per heavy atom. The molecule has 0 aromatic rings. The smallest absolute Gasteiger partial charge is 0.00461 e. The third kappa shape index (κ3) is 25.3. The fourth-order valence-electron chi connectivity index (χ4n) is 0.0367. The van der Waals surface area contributed by atoms with E-state index in [1.54, 1.807) is 0 Å². The van der Waals surface area contributed by atoms with E-state index >= 15 is 0 Å². The second-order valence-corrected chi connectivity index (χ2v) is 6.22. The second-order valence-electron chi connectivity index (χ2n) is 0.942. The Labute approximate surface area is 80.4 Å². The Kier molecular flexibility index (Phi) is 21.0. The monoisotopic (exact) mass is 282 g/mol. The van der Waals surface area contributed by atoms with Crippen LogP contribution in [0.5, 0.6) is 0 Å². The van der Waals surface area contributed by atoms with Gasteiger partial charge in [-0.3, -0.25) is 0 Å². The molecule has 0 bridgehead atoms. The quantitative estimate of drug-likeness (QED) is 0.437. The van der Waals surface area contributed by atoms with Crippen LogP contribution in [0.25, 0.3) is 0 Å². The van der Waals surface area contributed by atoms with Crippen LogP contribution in [0.15, 0.2) is 0 Å². The molecule has 0 aliphatic heterocycles. The predicted octanol–water partition coefficient (Wildman–Crippen LogP) is 0.231. The van der Waals surface area contributed by atoms with Crippen LogP contribution in [0.2, 0.25) is 0 Å². The third-order valence-electron chi connectivity index (χ3n) is 0.277. The van der Waals surface area contributed by atoms with Gasteiger partial charge in [-0.25, -0.2) is 0 Å². The van der Waals surface area contributed by atoms with Crippen molar-refractivity contribution in [2.45, 2.75) is 0 Å². The summed E-state index contributed by atoms with van der Waals surface area (Å²) >= 11 is 0.179. The summed E-state index contributed by atoms with van der Waals surface area (Å²) < 4.78 is 0. The van der Waals surface area contributed by atoms with Gasteiger partial charge >= 0.3 is 56.0 Å². The Bertz CT molecular complexity index is 124. The van der Waals surface area contributed by atoms with E-state index in [-0.39, 0.29) is 15.5 Å². The van der Waals surface area contributed by atoms with Gasteiger partial charge in [0.2, 0.25) is 0 Å². The fourth-order valence-corrected chi connectivity index (χ4v) is 1.96. The zero-order valence-corrected chi connectivity index (χ0v) is 8.78. The van der Waals surface area contributed by atoms with Gasteiger partial charge in [0.05, 0.1) is 0 Å². The maximum Gasteiger partial charge on any atom is 0.00461 e. The van der Waals surface area contributed by atoms with E-state index in [4.69, 9.17) is 22.0 Å². The van der Waals surface area contributed by atoms with Crippen molar-refractivity contribution in [1.29, 1.82) is 10.5 Å².